The average Bonchev–Trinajstić information content (AvgIpc) is 3.24. The Bertz CT molecular complexity index is 1180. The largest absolute Gasteiger partial charge is 0.354 e. The molecule has 0 spiro atoms. The molecule has 7 heteroatoms. The van der Waals surface area contributed by atoms with Crippen LogP contribution < -0.4 is 10.2 Å². The van der Waals surface area contributed by atoms with E-state index in [9.17, 15) is 0 Å². The number of nitrogens with one attached hydrogen (secondary N) is 2. The predicted octanol–water partition coefficient (Wildman–Crippen LogP) is 4.34. The van der Waals surface area contributed by atoms with E-state index in [1.807, 2.05) is 25.1 Å². The zero-order chi connectivity index (χ0) is 21.9. The van der Waals surface area contributed by atoms with Crippen LogP contribution in [0.5, 0.6) is 0 Å². The van der Waals surface area contributed by atoms with E-state index in [-0.39, 0.29) is 0 Å². The van der Waals surface area contributed by atoms with Crippen LogP contribution in [0.4, 0.5) is 17.5 Å². The maximum Gasteiger partial charge on any atom is 0.163 e. The predicted molar refractivity (Wildman–Crippen MR) is 129 cm³/mol. The molecule has 3 heterocycles. The van der Waals surface area contributed by atoms with Crippen LogP contribution in [0.1, 0.15) is 5.69 Å². The van der Waals surface area contributed by atoms with Crippen molar-refractivity contribution in [1.82, 2.24) is 25.1 Å². The fourth-order valence-corrected chi connectivity index (χ4v) is 3.88. The van der Waals surface area contributed by atoms with E-state index in [0.29, 0.717) is 5.82 Å². The standard InChI is InChI=1S/C25H27N7/c1-18-16-23(30-29-18)26-22-17-24(32-14-12-31(2)13-15-32)28-25(27-22)21-10-8-20(9-11-21)19-6-4-3-5-7-19/h3-11,16-17H,12-15H2,1-2H3,(H2,26,27,28,29,30). The first-order valence-corrected chi connectivity index (χ1v) is 10.9. The summed E-state index contributed by atoms with van der Waals surface area (Å²) in [6.07, 6.45) is 0. The van der Waals surface area contributed by atoms with Crippen LogP contribution in [0.25, 0.3) is 22.5 Å². The monoisotopic (exact) mass is 425 g/mol. The highest BCUT2D eigenvalue weighted by Crippen LogP contribution is 2.27. The summed E-state index contributed by atoms with van der Waals surface area (Å²) >= 11 is 0. The molecule has 0 unspecified atom stereocenters. The van der Waals surface area contributed by atoms with Crippen molar-refractivity contribution in [3.63, 3.8) is 0 Å². The summed E-state index contributed by atoms with van der Waals surface area (Å²) in [7, 11) is 2.16. The Morgan fingerprint density at radius 1 is 0.781 bits per heavy atom. The maximum absolute atomic E-state index is 4.93. The van der Waals surface area contributed by atoms with Crippen molar-refractivity contribution in [2.75, 3.05) is 43.4 Å². The van der Waals surface area contributed by atoms with Crippen molar-refractivity contribution in [3.8, 4) is 22.5 Å². The van der Waals surface area contributed by atoms with Gasteiger partial charge in [0, 0.05) is 49.6 Å². The van der Waals surface area contributed by atoms with Crippen LogP contribution >= 0.6 is 0 Å². The number of aromatic nitrogens is 4. The van der Waals surface area contributed by atoms with Gasteiger partial charge in [0.1, 0.15) is 11.6 Å². The zero-order valence-electron chi connectivity index (χ0n) is 18.4. The highest BCUT2D eigenvalue weighted by Gasteiger charge is 2.18. The molecule has 4 aromatic rings. The van der Waals surface area contributed by atoms with E-state index in [0.717, 1.165) is 54.9 Å². The van der Waals surface area contributed by atoms with E-state index < -0.39 is 0 Å². The number of hydrogen-bond donors (Lipinski definition) is 2. The Morgan fingerprint density at radius 2 is 1.47 bits per heavy atom. The second-order valence-corrected chi connectivity index (χ2v) is 8.23. The van der Waals surface area contributed by atoms with Gasteiger partial charge in [-0.05, 0) is 25.1 Å². The van der Waals surface area contributed by atoms with Crippen molar-refractivity contribution in [3.05, 3.63) is 72.4 Å². The molecule has 0 aliphatic carbocycles. The minimum Gasteiger partial charge on any atom is -0.354 e. The van der Waals surface area contributed by atoms with Crippen LogP contribution in [0, 0.1) is 6.92 Å². The summed E-state index contributed by atoms with van der Waals surface area (Å²) in [6.45, 7) is 5.91. The number of aryl methyl sites for hydroxylation is 1. The SMILES string of the molecule is Cc1cc(Nc2cc(N3CCN(C)CC3)nc(-c3ccc(-c4ccccc4)cc3)n2)n[nH]1. The molecular formula is C25H27N7. The van der Waals surface area contributed by atoms with Gasteiger partial charge in [-0.15, -0.1) is 0 Å². The molecule has 0 bridgehead atoms. The van der Waals surface area contributed by atoms with Gasteiger partial charge in [0.15, 0.2) is 11.6 Å². The molecule has 32 heavy (non-hydrogen) atoms. The van der Waals surface area contributed by atoms with E-state index in [2.05, 4.69) is 80.9 Å². The first kappa shape index (κ1) is 20.2. The fourth-order valence-electron chi connectivity index (χ4n) is 3.88. The summed E-state index contributed by atoms with van der Waals surface area (Å²) in [5.41, 5.74) is 4.36. The van der Waals surface area contributed by atoms with E-state index in [1.165, 1.54) is 11.1 Å². The molecule has 2 N–H and O–H groups in total. The number of anilines is 3. The molecule has 1 saturated heterocycles. The van der Waals surface area contributed by atoms with Crippen molar-refractivity contribution in [2.45, 2.75) is 6.92 Å². The fraction of sp³-hybridized carbons (Fsp3) is 0.240. The van der Waals surface area contributed by atoms with Crippen molar-refractivity contribution >= 4 is 17.5 Å². The molecule has 0 amide bonds. The van der Waals surface area contributed by atoms with Crippen molar-refractivity contribution in [2.24, 2.45) is 0 Å². The minimum absolute atomic E-state index is 0.704. The molecule has 1 fully saturated rings. The number of likely N-dealkylation sites (N-methyl/N-ethyl adjacent to an activating group) is 1. The molecule has 2 aromatic heterocycles. The number of piperazine rings is 1. The number of benzene rings is 2. The molecular weight excluding hydrogens is 398 g/mol. The molecule has 162 valence electrons. The Hall–Kier alpha value is -3.71. The number of nitrogens with zero attached hydrogens (tertiary/aromatic N) is 5. The smallest absolute Gasteiger partial charge is 0.163 e. The van der Waals surface area contributed by atoms with Crippen LogP contribution in [-0.2, 0) is 0 Å². The summed E-state index contributed by atoms with van der Waals surface area (Å²) in [4.78, 5) is 14.4. The second-order valence-electron chi connectivity index (χ2n) is 8.23. The lowest BCUT2D eigenvalue weighted by atomic mass is 10.0. The van der Waals surface area contributed by atoms with Gasteiger partial charge < -0.3 is 15.1 Å². The van der Waals surface area contributed by atoms with E-state index in [4.69, 9.17) is 9.97 Å². The van der Waals surface area contributed by atoms with Crippen molar-refractivity contribution in [1.29, 1.82) is 0 Å². The number of hydrogen-bond acceptors (Lipinski definition) is 6. The third-order valence-corrected chi connectivity index (χ3v) is 5.75. The van der Waals surface area contributed by atoms with Crippen LogP contribution in [0.3, 0.4) is 0 Å². The zero-order valence-corrected chi connectivity index (χ0v) is 18.4. The first-order chi connectivity index (χ1) is 15.6. The molecule has 0 saturated carbocycles. The Morgan fingerprint density at radius 3 is 2.16 bits per heavy atom. The molecule has 1 aliphatic rings. The summed E-state index contributed by atoms with van der Waals surface area (Å²) in [5.74, 6) is 3.12. The Labute approximate surface area is 188 Å². The summed E-state index contributed by atoms with van der Waals surface area (Å²) in [6, 6.07) is 22.8. The average molecular weight is 426 g/mol. The lowest BCUT2D eigenvalue weighted by Crippen LogP contribution is -2.44. The molecule has 7 nitrogen and oxygen atoms in total. The van der Waals surface area contributed by atoms with Crippen LogP contribution in [0.15, 0.2) is 66.7 Å². The highest BCUT2D eigenvalue weighted by molar-refractivity contribution is 5.69. The maximum atomic E-state index is 4.93. The van der Waals surface area contributed by atoms with Gasteiger partial charge in [-0.1, -0.05) is 54.6 Å². The lowest BCUT2D eigenvalue weighted by molar-refractivity contribution is 0.312. The third kappa shape index (κ3) is 4.48. The van der Waals surface area contributed by atoms with Gasteiger partial charge in [-0.25, -0.2) is 9.97 Å². The molecule has 5 rings (SSSR count). The third-order valence-electron chi connectivity index (χ3n) is 5.75. The van der Waals surface area contributed by atoms with Gasteiger partial charge in [0.2, 0.25) is 0 Å². The molecule has 0 atom stereocenters. The van der Waals surface area contributed by atoms with Gasteiger partial charge >= 0.3 is 0 Å². The minimum atomic E-state index is 0.704. The molecule has 1 aliphatic heterocycles. The number of aromatic amines is 1. The highest BCUT2D eigenvalue weighted by atomic mass is 15.3. The molecule has 0 radical (unpaired) electrons. The Balaban J connectivity index is 1.48. The van der Waals surface area contributed by atoms with Crippen LogP contribution in [0.2, 0.25) is 0 Å². The summed E-state index contributed by atoms with van der Waals surface area (Å²) in [5, 5.41) is 10.6. The second kappa shape index (κ2) is 8.80. The normalized spacial score (nSPS) is 14.5. The number of rotatable bonds is 5. The van der Waals surface area contributed by atoms with Crippen molar-refractivity contribution < 1.29 is 0 Å². The number of H-pyrrole nitrogens is 1. The Kier molecular flexibility index (Phi) is 5.56. The lowest BCUT2D eigenvalue weighted by Gasteiger charge is -2.33. The first-order valence-electron chi connectivity index (χ1n) is 10.9. The molecule has 2 aromatic carbocycles. The topological polar surface area (TPSA) is 73.0 Å². The van der Waals surface area contributed by atoms with Gasteiger partial charge in [-0.2, -0.15) is 5.10 Å². The van der Waals surface area contributed by atoms with E-state index in [1.54, 1.807) is 0 Å². The quantitative estimate of drug-likeness (QED) is 0.496. The van der Waals surface area contributed by atoms with Gasteiger partial charge in [0.05, 0.1) is 0 Å². The van der Waals surface area contributed by atoms with E-state index >= 15 is 0 Å². The van der Waals surface area contributed by atoms with Crippen LogP contribution in [-0.4, -0.2) is 58.3 Å². The van der Waals surface area contributed by atoms with Gasteiger partial charge in [0.25, 0.3) is 0 Å². The van der Waals surface area contributed by atoms with Gasteiger partial charge in [-0.3, -0.25) is 5.10 Å². The summed E-state index contributed by atoms with van der Waals surface area (Å²) < 4.78 is 0.